The number of nitrogens with one attached hydrogen (secondary N) is 1. The fraction of sp³-hybridized carbons (Fsp3) is 0.481. The van der Waals surface area contributed by atoms with Crippen LogP contribution in [0, 0.1) is 6.92 Å². The Hall–Kier alpha value is -2.35. The van der Waals surface area contributed by atoms with Gasteiger partial charge in [-0.25, -0.2) is 4.79 Å². The van der Waals surface area contributed by atoms with Gasteiger partial charge in [0.15, 0.2) is 0 Å². The molecule has 3 atom stereocenters. The number of benzene rings is 2. The molecule has 0 aromatic heterocycles. The first kappa shape index (κ1) is 26.3. The van der Waals surface area contributed by atoms with Gasteiger partial charge in [0.25, 0.3) is 5.91 Å². The molecule has 2 N–H and O–H groups in total. The van der Waals surface area contributed by atoms with Crippen LogP contribution in [0.3, 0.4) is 0 Å². The summed E-state index contributed by atoms with van der Waals surface area (Å²) in [6, 6.07) is 13.5. The number of aryl methyl sites for hydroxylation is 1. The second-order valence-electron chi connectivity index (χ2n) is 8.93. The van der Waals surface area contributed by atoms with E-state index in [1.165, 1.54) is 0 Å². The number of hydrogen-bond donors (Lipinski definition) is 2. The first-order valence-electron chi connectivity index (χ1n) is 11.9. The topological polar surface area (TPSA) is 78.9 Å². The first-order chi connectivity index (χ1) is 16.4. The van der Waals surface area contributed by atoms with E-state index in [1.54, 1.807) is 18.9 Å². The highest BCUT2D eigenvalue weighted by molar-refractivity contribution is 7.98. The molecule has 0 spiro atoms. The van der Waals surface area contributed by atoms with Crippen LogP contribution < -0.4 is 5.32 Å². The van der Waals surface area contributed by atoms with E-state index >= 15 is 0 Å². The summed E-state index contributed by atoms with van der Waals surface area (Å²) in [5.74, 6) is -0.702. The molecule has 1 saturated heterocycles. The fourth-order valence-corrected chi connectivity index (χ4v) is 5.15. The van der Waals surface area contributed by atoms with Crippen molar-refractivity contribution in [3.8, 4) is 11.1 Å². The van der Waals surface area contributed by atoms with Crippen LogP contribution in [0.4, 0.5) is 0 Å². The Bertz CT molecular complexity index is 996. The summed E-state index contributed by atoms with van der Waals surface area (Å²) in [5, 5.41) is 12.3. The van der Waals surface area contributed by atoms with Gasteiger partial charge in [0.05, 0.1) is 6.10 Å². The lowest BCUT2D eigenvalue weighted by Crippen LogP contribution is -2.41. The van der Waals surface area contributed by atoms with Crippen LogP contribution in [0.5, 0.6) is 0 Å². The Balaban J connectivity index is 1.93. The van der Waals surface area contributed by atoms with Gasteiger partial charge >= 0.3 is 5.97 Å². The van der Waals surface area contributed by atoms with Crippen LogP contribution in [0.15, 0.2) is 42.5 Å². The number of likely N-dealkylation sites (tertiary alicyclic amines) is 1. The molecule has 1 heterocycles. The van der Waals surface area contributed by atoms with Gasteiger partial charge in [-0.15, -0.1) is 0 Å². The van der Waals surface area contributed by atoms with E-state index in [9.17, 15) is 14.7 Å². The number of carboxylic acids is 1. The SMILES string of the molecule is CCC1CC(OC)CN1Cc1ccc(C(=O)NC(CCSC)C(=O)O)c(-c2ccccc2C)c1. The van der Waals surface area contributed by atoms with E-state index in [0.29, 0.717) is 23.8 Å². The normalized spacial score (nSPS) is 19.2. The number of nitrogens with zero attached hydrogens (tertiary/aromatic N) is 1. The van der Waals surface area contributed by atoms with Crippen LogP contribution in [-0.4, -0.2) is 65.7 Å². The summed E-state index contributed by atoms with van der Waals surface area (Å²) in [6.45, 7) is 5.91. The van der Waals surface area contributed by atoms with E-state index in [-0.39, 0.29) is 12.0 Å². The summed E-state index contributed by atoms with van der Waals surface area (Å²) in [4.78, 5) is 27.4. The predicted octanol–water partition coefficient (Wildman–Crippen LogP) is 4.60. The van der Waals surface area contributed by atoms with Gasteiger partial charge in [-0.05, 0) is 72.6 Å². The Morgan fingerprint density at radius 2 is 2.00 bits per heavy atom. The number of carbonyl (C=O) groups is 2. The van der Waals surface area contributed by atoms with E-state index < -0.39 is 12.0 Å². The summed E-state index contributed by atoms with van der Waals surface area (Å²) in [6.07, 6.45) is 4.66. The maximum atomic E-state index is 13.3. The van der Waals surface area contributed by atoms with Gasteiger partial charge in [0.1, 0.15) is 6.04 Å². The monoisotopic (exact) mass is 484 g/mol. The highest BCUT2D eigenvalue weighted by Crippen LogP contribution is 2.30. The molecule has 1 fully saturated rings. The van der Waals surface area contributed by atoms with Crippen molar-refractivity contribution in [2.24, 2.45) is 0 Å². The lowest BCUT2D eigenvalue weighted by Gasteiger charge is -2.24. The van der Waals surface area contributed by atoms with E-state index in [0.717, 1.165) is 48.2 Å². The summed E-state index contributed by atoms with van der Waals surface area (Å²) in [7, 11) is 1.77. The Morgan fingerprint density at radius 1 is 1.24 bits per heavy atom. The maximum Gasteiger partial charge on any atom is 0.326 e. The average molecular weight is 485 g/mol. The van der Waals surface area contributed by atoms with Crippen molar-refractivity contribution in [1.29, 1.82) is 0 Å². The zero-order chi connectivity index (χ0) is 24.7. The van der Waals surface area contributed by atoms with E-state index in [1.807, 2.05) is 49.6 Å². The molecule has 3 rings (SSSR count). The van der Waals surface area contributed by atoms with Gasteiger partial charge < -0.3 is 15.2 Å². The molecule has 6 nitrogen and oxygen atoms in total. The number of aliphatic carboxylic acids is 1. The van der Waals surface area contributed by atoms with Crippen molar-refractivity contribution >= 4 is 23.6 Å². The number of amides is 1. The van der Waals surface area contributed by atoms with E-state index in [4.69, 9.17) is 4.74 Å². The molecule has 0 bridgehead atoms. The number of thioether (sulfide) groups is 1. The standard InChI is InChI=1S/C27H36N2O4S/c1-5-20-15-21(33-3)17-29(20)16-19-10-11-23(24(14-19)22-9-7-6-8-18(22)2)26(30)28-25(27(31)32)12-13-34-4/h6-11,14,20-21,25H,5,12-13,15-17H2,1-4H3,(H,28,30)(H,31,32). The molecule has 3 unspecified atom stereocenters. The minimum absolute atomic E-state index is 0.250. The molecular weight excluding hydrogens is 448 g/mol. The maximum absolute atomic E-state index is 13.3. The third-order valence-electron chi connectivity index (χ3n) is 6.66. The zero-order valence-electron chi connectivity index (χ0n) is 20.5. The number of carbonyl (C=O) groups excluding carboxylic acids is 1. The molecular formula is C27H36N2O4S. The van der Waals surface area contributed by atoms with Gasteiger partial charge in [-0.3, -0.25) is 9.69 Å². The van der Waals surface area contributed by atoms with Crippen molar-refractivity contribution < 1.29 is 19.4 Å². The number of ether oxygens (including phenoxy) is 1. The van der Waals surface area contributed by atoms with Crippen molar-refractivity contribution in [2.75, 3.05) is 25.7 Å². The van der Waals surface area contributed by atoms with Crippen LogP contribution in [-0.2, 0) is 16.1 Å². The molecule has 0 radical (unpaired) electrons. The third-order valence-corrected chi connectivity index (χ3v) is 7.30. The summed E-state index contributed by atoms with van der Waals surface area (Å²) >= 11 is 1.56. The predicted molar refractivity (Wildman–Crippen MR) is 138 cm³/mol. The average Bonchev–Trinajstić information content (AvgIpc) is 3.23. The van der Waals surface area contributed by atoms with Gasteiger partial charge in [-0.1, -0.05) is 37.3 Å². The molecule has 0 saturated carbocycles. The highest BCUT2D eigenvalue weighted by Gasteiger charge is 2.31. The number of methoxy groups -OCH3 is 1. The Kier molecular flexibility index (Phi) is 9.56. The van der Waals surface area contributed by atoms with Crippen molar-refractivity contribution in [1.82, 2.24) is 10.2 Å². The number of rotatable bonds is 11. The van der Waals surface area contributed by atoms with Gasteiger partial charge in [-0.2, -0.15) is 11.8 Å². The molecule has 7 heteroatoms. The van der Waals surface area contributed by atoms with Crippen LogP contribution >= 0.6 is 11.8 Å². The molecule has 1 aliphatic rings. The largest absolute Gasteiger partial charge is 0.480 e. The highest BCUT2D eigenvalue weighted by atomic mass is 32.2. The molecule has 184 valence electrons. The summed E-state index contributed by atoms with van der Waals surface area (Å²) in [5.41, 5.74) is 4.50. The molecule has 2 aromatic rings. The minimum atomic E-state index is -1.01. The van der Waals surface area contributed by atoms with Crippen molar-refractivity contribution in [3.63, 3.8) is 0 Å². The molecule has 0 aliphatic carbocycles. The second-order valence-corrected chi connectivity index (χ2v) is 9.91. The fourth-order valence-electron chi connectivity index (χ4n) is 4.68. The molecule has 1 amide bonds. The van der Waals surface area contributed by atoms with Crippen LogP contribution in [0.2, 0.25) is 0 Å². The Labute approximate surface area is 207 Å². The van der Waals surface area contributed by atoms with Crippen molar-refractivity contribution in [3.05, 3.63) is 59.2 Å². The second kappa shape index (κ2) is 12.4. The quantitative estimate of drug-likeness (QED) is 0.485. The minimum Gasteiger partial charge on any atom is -0.480 e. The third kappa shape index (κ3) is 6.40. The van der Waals surface area contributed by atoms with Crippen LogP contribution in [0.1, 0.15) is 47.7 Å². The summed E-state index contributed by atoms with van der Waals surface area (Å²) < 4.78 is 5.61. The molecule has 34 heavy (non-hydrogen) atoms. The van der Waals surface area contributed by atoms with Gasteiger partial charge in [0, 0.05) is 31.8 Å². The smallest absolute Gasteiger partial charge is 0.326 e. The zero-order valence-corrected chi connectivity index (χ0v) is 21.4. The van der Waals surface area contributed by atoms with Crippen molar-refractivity contribution in [2.45, 2.75) is 57.8 Å². The first-order valence-corrected chi connectivity index (χ1v) is 13.3. The number of hydrogen-bond acceptors (Lipinski definition) is 5. The lowest BCUT2D eigenvalue weighted by atomic mass is 9.93. The van der Waals surface area contributed by atoms with E-state index in [2.05, 4.69) is 23.2 Å². The molecule has 2 aromatic carbocycles. The Morgan fingerprint density at radius 3 is 2.65 bits per heavy atom. The van der Waals surface area contributed by atoms with Gasteiger partial charge in [0.2, 0.25) is 0 Å². The van der Waals surface area contributed by atoms with Crippen LogP contribution in [0.25, 0.3) is 11.1 Å². The molecule has 1 aliphatic heterocycles. The lowest BCUT2D eigenvalue weighted by molar-refractivity contribution is -0.139. The number of carboxylic acid groups (broad SMARTS) is 1.